The van der Waals surface area contributed by atoms with E-state index >= 15 is 0 Å². The third-order valence-corrected chi connectivity index (χ3v) is 5.80. The molecule has 0 aliphatic carbocycles. The van der Waals surface area contributed by atoms with E-state index in [4.69, 9.17) is 12.2 Å². The molecule has 144 valence electrons. The third-order valence-electron chi connectivity index (χ3n) is 5.49. The predicted molar refractivity (Wildman–Crippen MR) is 116 cm³/mol. The second-order valence-electron chi connectivity index (χ2n) is 7.06. The number of phenols is 1. The summed E-state index contributed by atoms with van der Waals surface area (Å²) in [6.45, 7) is 7.33. The summed E-state index contributed by atoms with van der Waals surface area (Å²) in [5.41, 5.74) is 5.23. The van der Waals surface area contributed by atoms with Gasteiger partial charge in [0.25, 0.3) is 0 Å². The fraction of sp³-hybridized carbons (Fsp3) is 0.273. The molecule has 3 aromatic rings. The number of benzene rings is 1. The van der Waals surface area contributed by atoms with Gasteiger partial charge in [-0.25, -0.2) is 0 Å². The summed E-state index contributed by atoms with van der Waals surface area (Å²) in [4.78, 5) is 6.60. The Kier molecular flexibility index (Phi) is 4.81. The molecule has 3 heterocycles. The highest BCUT2D eigenvalue weighted by molar-refractivity contribution is 7.80. The first-order chi connectivity index (χ1) is 13.5. The highest BCUT2D eigenvalue weighted by Crippen LogP contribution is 2.45. The maximum Gasteiger partial charge on any atom is 0.174 e. The molecule has 0 spiro atoms. The number of pyridine rings is 1. The normalized spacial score (nSPS) is 19.1. The Morgan fingerprint density at radius 2 is 1.89 bits per heavy atom. The van der Waals surface area contributed by atoms with E-state index in [1.54, 1.807) is 12.3 Å². The Morgan fingerprint density at radius 1 is 1.14 bits per heavy atom. The van der Waals surface area contributed by atoms with Crippen LogP contribution in [0.3, 0.4) is 0 Å². The van der Waals surface area contributed by atoms with Crippen molar-refractivity contribution in [1.29, 1.82) is 0 Å². The van der Waals surface area contributed by atoms with Gasteiger partial charge < -0.3 is 19.9 Å². The van der Waals surface area contributed by atoms with E-state index in [-0.39, 0.29) is 17.8 Å². The lowest BCUT2D eigenvalue weighted by atomic mass is 9.96. The maximum atomic E-state index is 10.5. The van der Waals surface area contributed by atoms with Crippen molar-refractivity contribution < 1.29 is 5.11 Å². The first kappa shape index (κ1) is 18.5. The van der Waals surface area contributed by atoms with E-state index in [1.165, 1.54) is 17.0 Å². The van der Waals surface area contributed by atoms with Crippen LogP contribution in [0.25, 0.3) is 0 Å². The van der Waals surface area contributed by atoms with E-state index in [9.17, 15) is 5.11 Å². The number of rotatable bonds is 4. The summed E-state index contributed by atoms with van der Waals surface area (Å²) in [5, 5.41) is 14.6. The second kappa shape index (κ2) is 7.28. The van der Waals surface area contributed by atoms with Crippen LogP contribution < -0.4 is 10.2 Å². The van der Waals surface area contributed by atoms with E-state index in [1.807, 2.05) is 41.3 Å². The molecule has 1 saturated heterocycles. The molecule has 0 amide bonds. The quantitative estimate of drug-likeness (QED) is 0.645. The number of nitrogens with one attached hydrogen (secondary N) is 1. The zero-order chi connectivity index (χ0) is 19.8. The molecule has 0 bridgehead atoms. The van der Waals surface area contributed by atoms with Crippen molar-refractivity contribution in [2.24, 2.45) is 0 Å². The predicted octanol–water partition coefficient (Wildman–Crippen LogP) is 4.40. The number of hydrogen-bond donors (Lipinski definition) is 2. The number of anilines is 1. The number of thiocarbonyl (C=S) groups is 1. The topological polar surface area (TPSA) is 53.3 Å². The smallest absolute Gasteiger partial charge is 0.174 e. The van der Waals surface area contributed by atoms with Crippen molar-refractivity contribution in [3.05, 3.63) is 77.4 Å². The fourth-order valence-electron chi connectivity index (χ4n) is 4.21. The number of hydrogen-bond acceptors (Lipinski definition) is 3. The Labute approximate surface area is 170 Å². The van der Waals surface area contributed by atoms with Gasteiger partial charge in [-0.2, -0.15) is 0 Å². The maximum absolute atomic E-state index is 10.5. The molecule has 2 atom stereocenters. The van der Waals surface area contributed by atoms with Crippen LogP contribution >= 0.6 is 12.2 Å². The molecule has 4 rings (SSSR count). The molecule has 0 unspecified atom stereocenters. The van der Waals surface area contributed by atoms with Crippen molar-refractivity contribution in [1.82, 2.24) is 14.9 Å². The van der Waals surface area contributed by atoms with Gasteiger partial charge in [0.1, 0.15) is 5.75 Å². The molecule has 2 aromatic heterocycles. The van der Waals surface area contributed by atoms with E-state index in [0.29, 0.717) is 10.8 Å². The standard InChI is InChI=1S/C22H24N4OS/c1-4-25-14(2)13-16(15(25)3)21-20(17-9-7-8-12-23-17)24-22(28)26(21)18-10-5-6-11-19(18)27/h5-13,20-21,27H,4H2,1-3H3,(H,24,28)/t20-,21-/m0/s1. The van der Waals surface area contributed by atoms with Gasteiger partial charge in [-0.15, -0.1) is 0 Å². The molecule has 2 N–H and O–H groups in total. The van der Waals surface area contributed by atoms with Gasteiger partial charge in [-0.1, -0.05) is 18.2 Å². The van der Waals surface area contributed by atoms with Crippen LogP contribution in [0.1, 0.15) is 41.7 Å². The average Bonchev–Trinajstić information content (AvgIpc) is 3.18. The molecule has 1 aliphatic rings. The number of para-hydroxylation sites is 2. The van der Waals surface area contributed by atoms with Crippen LogP contribution in [-0.4, -0.2) is 19.8 Å². The summed E-state index contributed by atoms with van der Waals surface area (Å²) in [6, 6.07) is 15.2. The number of aromatic hydroxyl groups is 1. The van der Waals surface area contributed by atoms with Crippen LogP contribution in [0, 0.1) is 13.8 Å². The lowest BCUT2D eigenvalue weighted by Crippen LogP contribution is -2.29. The van der Waals surface area contributed by atoms with Gasteiger partial charge in [-0.3, -0.25) is 4.98 Å². The molecule has 28 heavy (non-hydrogen) atoms. The van der Waals surface area contributed by atoms with Gasteiger partial charge in [0.2, 0.25) is 0 Å². The molecule has 6 heteroatoms. The van der Waals surface area contributed by atoms with Gasteiger partial charge in [-0.05, 0) is 68.9 Å². The largest absolute Gasteiger partial charge is 0.506 e. The lowest BCUT2D eigenvalue weighted by Gasteiger charge is -2.28. The first-order valence-electron chi connectivity index (χ1n) is 9.48. The van der Waals surface area contributed by atoms with Gasteiger partial charge in [0, 0.05) is 24.1 Å². The summed E-state index contributed by atoms with van der Waals surface area (Å²) in [7, 11) is 0. The molecular formula is C22H24N4OS. The average molecular weight is 393 g/mol. The van der Waals surface area contributed by atoms with Crippen LogP contribution in [0.2, 0.25) is 0 Å². The zero-order valence-electron chi connectivity index (χ0n) is 16.3. The Hall–Kier alpha value is -2.86. The minimum Gasteiger partial charge on any atom is -0.506 e. The Morgan fingerprint density at radius 3 is 2.54 bits per heavy atom. The SMILES string of the molecule is CCn1c(C)cc([C@H]2[C@H](c3ccccn3)NC(=S)N2c2ccccc2O)c1C. The van der Waals surface area contributed by atoms with Gasteiger partial charge in [0.05, 0.1) is 23.5 Å². The number of aromatic nitrogens is 2. The number of aryl methyl sites for hydroxylation is 1. The van der Waals surface area contributed by atoms with Gasteiger partial charge >= 0.3 is 0 Å². The van der Waals surface area contributed by atoms with Crippen molar-refractivity contribution >= 4 is 23.0 Å². The van der Waals surface area contributed by atoms with E-state index < -0.39 is 0 Å². The molecule has 1 fully saturated rings. The molecule has 5 nitrogen and oxygen atoms in total. The zero-order valence-corrected chi connectivity index (χ0v) is 17.1. The third kappa shape index (κ3) is 2.94. The lowest BCUT2D eigenvalue weighted by molar-refractivity contribution is 0.472. The molecule has 0 saturated carbocycles. The summed E-state index contributed by atoms with van der Waals surface area (Å²) >= 11 is 5.72. The van der Waals surface area contributed by atoms with Crippen molar-refractivity contribution in [3.8, 4) is 5.75 Å². The highest BCUT2D eigenvalue weighted by atomic mass is 32.1. The highest BCUT2D eigenvalue weighted by Gasteiger charge is 2.42. The van der Waals surface area contributed by atoms with Crippen LogP contribution in [-0.2, 0) is 6.54 Å². The minimum absolute atomic E-state index is 0.109. The number of nitrogens with zero attached hydrogens (tertiary/aromatic N) is 3. The van der Waals surface area contributed by atoms with Crippen molar-refractivity contribution in [2.45, 2.75) is 39.4 Å². The minimum atomic E-state index is -0.112. The van der Waals surface area contributed by atoms with Crippen LogP contribution in [0.15, 0.2) is 54.7 Å². The summed E-state index contributed by atoms with van der Waals surface area (Å²) in [5.74, 6) is 0.211. The van der Waals surface area contributed by atoms with Crippen LogP contribution in [0.5, 0.6) is 5.75 Å². The fourth-order valence-corrected chi connectivity index (χ4v) is 4.55. The van der Waals surface area contributed by atoms with Gasteiger partial charge in [0.15, 0.2) is 5.11 Å². The second-order valence-corrected chi connectivity index (χ2v) is 7.44. The monoisotopic (exact) mass is 392 g/mol. The van der Waals surface area contributed by atoms with Crippen LogP contribution in [0.4, 0.5) is 5.69 Å². The van der Waals surface area contributed by atoms with Crippen molar-refractivity contribution in [2.75, 3.05) is 4.90 Å². The van der Waals surface area contributed by atoms with E-state index in [2.05, 4.69) is 41.7 Å². The Bertz CT molecular complexity index is 1010. The summed E-state index contributed by atoms with van der Waals surface area (Å²) < 4.78 is 2.30. The first-order valence-corrected chi connectivity index (χ1v) is 9.89. The summed E-state index contributed by atoms with van der Waals surface area (Å²) in [6.07, 6.45) is 1.80. The number of phenolic OH excluding ortho intramolecular Hbond substituents is 1. The molecule has 1 aliphatic heterocycles. The Balaban J connectivity index is 1.91. The molecule has 0 radical (unpaired) electrons. The van der Waals surface area contributed by atoms with Crippen molar-refractivity contribution in [3.63, 3.8) is 0 Å². The molecule has 1 aromatic carbocycles. The molecular weight excluding hydrogens is 368 g/mol. The van der Waals surface area contributed by atoms with E-state index in [0.717, 1.165) is 12.2 Å².